The van der Waals surface area contributed by atoms with Crippen LogP contribution in [-0.2, 0) is 43.3 Å². The molecule has 4 heterocycles. The lowest BCUT2D eigenvalue weighted by atomic mass is 10.1. The highest BCUT2D eigenvalue weighted by atomic mass is 35.5. The van der Waals surface area contributed by atoms with Gasteiger partial charge in [-0.1, -0.05) is 56.0 Å². The number of hydrogen-bond donors (Lipinski definition) is 0. The van der Waals surface area contributed by atoms with E-state index >= 15 is 0 Å². The summed E-state index contributed by atoms with van der Waals surface area (Å²) in [6.45, 7) is 14.9. The van der Waals surface area contributed by atoms with Gasteiger partial charge in [0.2, 0.25) is 12.1 Å². The third-order valence-corrected chi connectivity index (χ3v) is 12.9. The summed E-state index contributed by atoms with van der Waals surface area (Å²) in [6.07, 6.45) is 9.63. The summed E-state index contributed by atoms with van der Waals surface area (Å²) in [4.78, 5) is 30.1. The number of benzene rings is 4. The smallest absolute Gasteiger partial charge is 0.350 e. The maximum absolute atomic E-state index is 12.9. The molecule has 20 heteroatoms. The molecular formula is C51H62Cl2N8O9S. The van der Waals surface area contributed by atoms with E-state index in [-0.39, 0.29) is 37.5 Å². The molecule has 3 unspecified atom stereocenters. The Hall–Kier alpha value is -5.76. The predicted molar refractivity (Wildman–Crippen MR) is 271 cm³/mol. The molecule has 0 amide bonds. The van der Waals surface area contributed by atoms with Gasteiger partial charge in [-0.15, -0.1) is 4.68 Å². The number of ether oxygens (including phenoxy) is 4. The molecule has 2 aliphatic rings. The number of aryl methyl sites for hydroxylation is 2. The Labute approximate surface area is 425 Å². The molecule has 2 fully saturated rings. The van der Waals surface area contributed by atoms with Crippen LogP contribution in [-0.4, -0.2) is 94.8 Å². The van der Waals surface area contributed by atoms with E-state index in [1.165, 1.54) is 4.68 Å². The number of nitrogens with zero attached hydrogens (tertiary/aromatic N) is 8. The van der Waals surface area contributed by atoms with Crippen molar-refractivity contribution >= 4 is 50.7 Å². The molecule has 6 aromatic rings. The molecule has 71 heavy (non-hydrogen) atoms. The van der Waals surface area contributed by atoms with E-state index in [0.29, 0.717) is 40.6 Å². The van der Waals surface area contributed by atoms with Crippen molar-refractivity contribution in [1.29, 1.82) is 0 Å². The molecule has 2 aliphatic heterocycles. The molecule has 0 bridgehead atoms. The predicted octanol–water partition coefficient (Wildman–Crippen LogP) is 7.78. The molecule has 17 nitrogen and oxygen atoms in total. The maximum Gasteiger partial charge on any atom is 0.350 e. The van der Waals surface area contributed by atoms with Crippen LogP contribution in [0.5, 0.6) is 11.5 Å². The van der Waals surface area contributed by atoms with E-state index < -0.39 is 22.0 Å². The van der Waals surface area contributed by atoms with Crippen LogP contribution < -0.4 is 29.5 Å². The molecule has 0 N–H and O–H groups in total. The summed E-state index contributed by atoms with van der Waals surface area (Å²) in [6, 6.07) is 25.7. The number of esters is 1. The molecule has 8 rings (SSSR count). The largest absolute Gasteiger partial charge is 0.748 e. The van der Waals surface area contributed by atoms with E-state index in [1.807, 2.05) is 81.1 Å². The van der Waals surface area contributed by atoms with Crippen LogP contribution in [0.1, 0.15) is 81.2 Å². The third kappa shape index (κ3) is 14.0. The van der Waals surface area contributed by atoms with Crippen LogP contribution in [0.3, 0.4) is 0 Å². The number of aromatic nitrogens is 6. The topological polar surface area (TPSA) is 179 Å². The van der Waals surface area contributed by atoms with Gasteiger partial charge in [-0.25, -0.2) is 27.0 Å². The summed E-state index contributed by atoms with van der Waals surface area (Å²) in [5.74, 6) is -0.0884. The van der Waals surface area contributed by atoms with E-state index in [4.69, 9.17) is 55.1 Å². The number of carbonyl (C=O) groups is 1. The Bertz CT molecular complexity index is 2890. The molecule has 0 saturated carbocycles. The van der Waals surface area contributed by atoms with Gasteiger partial charge >= 0.3 is 11.7 Å². The Morgan fingerprint density at radius 3 is 2.14 bits per heavy atom. The first-order valence-corrected chi connectivity index (χ1v) is 26.4. The minimum absolute atomic E-state index is 0.0522. The van der Waals surface area contributed by atoms with Gasteiger partial charge in [-0.3, -0.25) is 4.79 Å². The van der Waals surface area contributed by atoms with Crippen molar-refractivity contribution in [2.45, 2.75) is 97.7 Å². The maximum atomic E-state index is 12.9. The summed E-state index contributed by atoms with van der Waals surface area (Å²) in [5, 5.41) is 9.92. The highest BCUT2D eigenvalue weighted by molar-refractivity contribution is 7.84. The zero-order valence-electron chi connectivity index (χ0n) is 41.0. The standard InChI is InChI=1S/C50H59Cl2N8O6.CH4O3S/c1-6-8-9-10-47(61)65-48-35(3)25-38(26-36(48)4)28-55-32-53-58(34-55)31-50(45-20-11-39(51)27-46(45)52)64-30-44(66-50)29-63-43-18-16-41(17-19-43)57-23-21-56(22-24-57)40-12-14-42(15-13-40)59-33-54-60(49(59)62)37(5)7-2;1-5(2,3)4/h11-20,25-27,32-34,37,44H,6-10,21-24,28-31H2,1-5H3;1H3,(H,2,3,4)/q+1;/p-1. The van der Waals surface area contributed by atoms with Crippen LogP contribution in [0, 0.1) is 13.8 Å². The van der Waals surface area contributed by atoms with Gasteiger partial charge in [-0.2, -0.15) is 5.10 Å². The second-order valence-corrected chi connectivity index (χ2v) is 20.3. The molecule has 0 radical (unpaired) electrons. The number of unbranched alkanes of at least 4 members (excludes halogenated alkanes) is 2. The van der Waals surface area contributed by atoms with Crippen molar-refractivity contribution < 1.29 is 41.3 Å². The summed E-state index contributed by atoms with van der Waals surface area (Å²) in [7, 11) is -3.92. The first-order chi connectivity index (χ1) is 33.9. The number of carbonyl (C=O) groups excluding carboxylic acids is 1. The fraction of sp³-hybridized carbons (Fsp3) is 0.431. The minimum atomic E-state index is -3.92. The highest BCUT2D eigenvalue weighted by Crippen LogP contribution is 2.40. The Morgan fingerprint density at radius 1 is 0.915 bits per heavy atom. The molecule has 3 atom stereocenters. The van der Waals surface area contributed by atoms with E-state index in [1.54, 1.807) is 34.0 Å². The van der Waals surface area contributed by atoms with Crippen LogP contribution >= 0.6 is 23.2 Å². The van der Waals surface area contributed by atoms with Crippen molar-refractivity contribution in [3.8, 4) is 17.2 Å². The van der Waals surface area contributed by atoms with Crippen LogP contribution in [0.15, 0.2) is 103 Å². The monoisotopic (exact) mass is 1030 g/mol. The first-order valence-electron chi connectivity index (χ1n) is 23.8. The van der Waals surface area contributed by atoms with E-state index in [0.717, 1.165) is 91.4 Å². The van der Waals surface area contributed by atoms with Crippen molar-refractivity contribution in [1.82, 2.24) is 24.1 Å². The molecule has 0 aliphatic carbocycles. The van der Waals surface area contributed by atoms with Gasteiger partial charge in [0.15, 0.2) is 6.54 Å². The molecule has 4 aromatic carbocycles. The van der Waals surface area contributed by atoms with Gasteiger partial charge in [0.05, 0.1) is 40.0 Å². The van der Waals surface area contributed by atoms with Gasteiger partial charge in [0, 0.05) is 65.9 Å². The van der Waals surface area contributed by atoms with Crippen LogP contribution in [0.25, 0.3) is 5.69 Å². The van der Waals surface area contributed by atoms with Gasteiger partial charge < -0.3 is 33.3 Å². The van der Waals surface area contributed by atoms with Gasteiger partial charge in [0.1, 0.15) is 30.5 Å². The fourth-order valence-electron chi connectivity index (χ4n) is 8.64. The van der Waals surface area contributed by atoms with Crippen molar-refractivity contribution in [3.05, 3.63) is 141 Å². The second kappa shape index (κ2) is 23.6. The van der Waals surface area contributed by atoms with Crippen LogP contribution in [0.4, 0.5) is 11.4 Å². The number of piperazine rings is 1. The lowest BCUT2D eigenvalue weighted by Gasteiger charge is -2.37. The fourth-order valence-corrected chi connectivity index (χ4v) is 9.19. The third-order valence-electron chi connectivity index (χ3n) is 12.4. The Balaban J connectivity index is 0.00000141. The Morgan fingerprint density at radius 2 is 1.54 bits per heavy atom. The average Bonchev–Trinajstić information content (AvgIpc) is 4.07. The van der Waals surface area contributed by atoms with Crippen molar-refractivity contribution in [2.75, 3.05) is 55.4 Å². The first kappa shape index (κ1) is 53.0. The Kier molecular flexibility index (Phi) is 17.7. The summed E-state index contributed by atoms with van der Waals surface area (Å²) in [5.41, 5.74) is 6.46. The van der Waals surface area contributed by atoms with Gasteiger partial charge in [0.25, 0.3) is 6.33 Å². The lowest BCUT2D eigenvalue weighted by molar-refractivity contribution is -0.689. The second-order valence-electron chi connectivity index (χ2n) is 18.0. The lowest BCUT2D eigenvalue weighted by Crippen LogP contribution is -2.46. The molecular weight excluding hydrogens is 972 g/mol. The van der Waals surface area contributed by atoms with Crippen molar-refractivity contribution in [3.63, 3.8) is 0 Å². The summed E-state index contributed by atoms with van der Waals surface area (Å²) >= 11 is 13.1. The van der Waals surface area contributed by atoms with E-state index in [9.17, 15) is 9.59 Å². The average molecular weight is 1030 g/mol. The quantitative estimate of drug-likeness (QED) is 0.0268. The number of halogens is 2. The molecule has 0 spiro atoms. The number of anilines is 2. The van der Waals surface area contributed by atoms with Crippen molar-refractivity contribution in [2.24, 2.45) is 0 Å². The number of rotatable bonds is 18. The SMILES string of the molecule is CCCCCC(=O)Oc1c(C)cc(C[n+]2cnn(CC3(c4ccc(Cl)cc4Cl)OCC(COc4ccc(N5CCN(c6ccc(-n7cnn(C(C)CC)c7=O)cc6)CC5)cc4)O3)c2)cc1C.CS(=O)(=O)[O-]. The van der Waals surface area contributed by atoms with Crippen LogP contribution in [0.2, 0.25) is 10.0 Å². The van der Waals surface area contributed by atoms with Gasteiger partial charge in [-0.05, 0) is 123 Å². The zero-order valence-corrected chi connectivity index (χ0v) is 43.3. The molecule has 2 saturated heterocycles. The summed E-state index contributed by atoms with van der Waals surface area (Å²) < 4.78 is 59.4. The molecule has 380 valence electrons. The van der Waals surface area contributed by atoms with E-state index in [2.05, 4.69) is 51.2 Å². The highest BCUT2D eigenvalue weighted by Gasteiger charge is 2.47. The molecule has 2 aromatic heterocycles. The minimum Gasteiger partial charge on any atom is -0.748 e. The number of hydrogen-bond acceptors (Lipinski definition) is 13. The normalized spacial score (nSPS) is 17.5. The zero-order chi connectivity index (χ0) is 50.9.